The molecule has 0 aliphatic carbocycles. The molecule has 104 valence electrons. The van der Waals surface area contributed by atoms with Gasteiger partial charge in [0.2, 0.25) is 0 Å². The molecule has 0 saturated heterocycles. The molecular formula is C10H10ClN7O2. The summed E-state index contributed by atoms with van der Waals surface area (Å²) in [5, 5.41) is 22.2. The number of hydrogen-bond acceptors (Lipinski definition) is 7. The predicted octanol–water partition coefficient (Wildman–Crippen LogP) is 1.31. The molecular weight excluding hydrogens is 286 g/mol. The normalized spacial score (nSPS) is 10.9. The molecule has 0 aliphatic rings. The number of halogens is 1. The molecule has 1 heterocycles. The van der Waals surface area contributed by atoms with Crippen molar-refractivity contribution < 1.29 is 4.92 Å². The zero-order chi connectivity index (χ0) is 14.7. The van der Waals surface area contributed by atoms with Gasteiger partial charge in [-0.1, -0.05) is 17.7 Å². The van der Waals surface area contributed by atoms with Crippen molar-refractivity contribution in [2.45, 2.75) is 6.92 Å². The van der Waals surface area contributed by atoms with E-state index in [0.717, 1.165) is 0 Å². The van der Waals surface area contributed by atoms with E-state index in [1.165, 1.54) is 23.0 Å². The molecule has 1 aromatic carbocycles. The van der Waals surface area contributed by atoms with Crippen LogP contribution in [0.4, 0.5) is 11.6 Å². The number of hydrazone groups is 1. The predicted molar refractivity (Wildman–Crippen MR) is 74.2 cm³/mol. The van der Waals surface area contributed by atoms with Crippen LogP contribution in [0, 0.1) is 17.0 Å². The highest BCUT2D eigenvalue weighted by Gasteiger charge is 2.11. The number of aryl methyl sites for hydroxylation is 1. The quantitative estimate of drug-likeness (QED) is 0.379. The number of nitrogens with two attached hydrogens (primary N) is 1. The van der Waals surface area contributed by atoms with E-state index in [4.69, 9.17) is 17.4 Å². The lowest BCUT2D eigenvalue weighted by Crippen LogP contribution is -2.13. The summed E-state index contributed by atoms with van der Waals surface area (Å²) in [7, 11) is 0. The maximum Gasteiger partial charge on any atom is 0.288 e. The van der Waals surface area contributed by atoms with Gasteiger partial charge in [-0.15, -0.1) is 10.2 Å². The first-order chi connectivity index (χ1) is 9.49. The Balaban J connectivity index is 2.14. The lowest BCUT2D eigenvalue weighted by molar-refractivity contribution is -0.384. The minimum absolute atomic E-state index is 0.0671. The third kappa shape index (κ3) is 2.83. The van der Waals surface area contributed by atoms with E-state index in [1.807, 2.05) is 0 Å². The van der Waals surface area contributed by atoms with Crippen LogP contribution < -0.4 is 11.3 Å². The molecule has 0 amide bonds. The van der Waals surface area contributed by atoms with Crippen molar-refractivity contribution in [1.29, 1.82) is 0 Å². The Morgan fingerprint density at radius 1 is 1.55 bits per heavy atom. The van der Waals surface area contributed by atoms with Crippen molar-refractivity contribution in [3.05, 3.63) is 44.7 Å². The first-order valence-corrected chi connectivity index (χ1v) is 5.77. The Kier molecular flexibility index (Phi) is 3.80. The summed E-state index contributed by atoms with van der Waals surface area (Å²) in [5.74, 6) is 6.38. The van der Waals surface area contributed by atoms with E-state index >= 15 is 0 Å². The molecule has 2 rings (SSSR count). The van der Waals surface area contributed by atoms with Gasteiger partial charge in [-0.2, -0.15) is 5.10 Å². The van der Waals surface area contributed by atoms with Gasteiger partial charge in [0.05, 0.1) is 11.1 Å². The summed E-state index contributed by atoms with van der Waals surface area (Å²) >= 11 is 5.70. The number of nitrogens with one attached hydrogen (secondary N) is 1. The number of anilines is 1. The van der Waals surface area contributed by atoms with Crippen LogP contribution in [0.25, 0.3) is 0 Å². The third-order valence-corrected chi connectivity index (χ3v) is 2.73. The molecule has 0 unspecified atom stereocenters. The summed E-state index contributed by atoms with van der Waals surface area (Å²) in [6, 6.07) is 4.33. The summed E-state index contributed by atoms with van der Waals surface area (Å²) in [5.41, 5.74) is 2.90. The maximum absolute atomic E-state index is 10.7. The lowest BCUT2D eigenvalue weighted by Gasteiger charge is -2.00. The van der Waals surface area contributed by atoms with Crippen LogP contribution in [-0.4, -0.2) is 26.0 Å². The molecule has 10 heteroatoms. The molecule has 1 aromatic heterocycles. The second-order valence-electron chi connectivity index (χ2n) is 3.78. The molecule has 20 heavy (non-hydrogen) atoms. The van der Waals surface area contributed by atoms with Gasteiger partial charge in [0.1, 0.15) is 5.02 Å². The molecule has 0 saturated carbocycles. The van der Waals surface area contributed by atoms with Crippen LogP contribution >= 0.6 is 11.6 Å². The maximum atomic E-state index is 10.7. The molecule has 0 fully saturated rings. The Hall–Kier alpha value is -2.68. The summed E-state index contributed by atoms with van der Waals surface area (Å²) < 4.78 is 1.22. The van der Waals surface area contributed by atoms with Crippen LogP contribution in [-0.2, 0) is 0 Å². The van der Waals surface area contributed by atoms with Crippen LogP contribution in [0.15, 0.2) is 23.3 Å². The fourth-order valence-electron chi connectivity index (χ4n) is 1.36. The smallest absolute Gasteiger partial charge is 0.288 e. The van der Waals surface area contributed by atoms with E-state index in [1.54, 1.807) is 13.0 Å². The molecule has 0 radical (unpaired) electrons. The number of nitrogen functional groups attached to an aromatic ring is 1. The minimum atomic E-state index is -0.563. The summed E-state index contributed by atoms with van der Waals surface area (Å²) in [6.45, 7) is 1.68. The third-order valence-electron chi connectivity index (χ3n) is 2.41. The Bertz CT molecular complexity index is 682. The van der Waals surface area contributed by atoms with Crippen molar-refractivity contribution in [2.24, 2.45) is 5.10 Å². The van der Waals surface area contributed by atoms with Gasteiger partial charge in [-0.3, -0.25) is 10.1 Å². The van der Waals surface area contributed by atoms with E-state index in [2.05, 4.69) is 20.7 Å². The topological polar surface area (TPSA) is 124 Å². The standard InChI is InChI=1S/C10H10ClN7O2/c1-6-14-16-10(17(6)12)15-13-5-7-2-3-8(11)9(4-7)18(19)20/h2-5H,12H2,1H3,(H,15,16)/b13-5-. The van der Waals surface area contributed by atoms with Gasteiger partial charge in [-0.25, -0.2) is 10.1 Å². The highest BCUT2D eigenvalue weighted by molar-refractivity contribution is 6.32. The highest BCUT2D eigenvalue weighted by atomic mass is 35.5. The van der Waals surface area contributed by atoms with Crippen molar-refractivity contribution in [3.63, 3.8) is 0 Å². The van der Waals surface area contributed by atoms with Gasteiger partial charge >= 0.3 is 0 Å². The molecule has 9 nitrogen and oxygen atoms in total. The van der Waals surface area contributed by atoms with Crippen LogP contribution in [0.1, 0.15) is 11.4 Å². The number of hydrogen-bond donors (Lipinski definition) is 2. The molecule has 2 aromatic rings. The van der Waals surface area contributed by atoms with Gasteiger partial charge in [0, 0.05) is 11.6 Å². The monoisotopic (exact) mass is 295 g/mol. The van der Waals surface area contributed by atoms with Crippen molar-refractivity contribution >= 4 is 29.5 Å². The van der Waals surface area contributed by atoms with Crippen molar-refractivity contribution in [1.82, 2.24) is 14.9 Å². The number of benzene rings is 1. The van der Waals surface area contributed by atoms with Gasteiger partial charge in [0.15, 0.2) is 5.82 Å². The van der Waals surface area contributed by atoms with Crippen molar-refractivity contribution in [2.75, 3.05) is 11.3 Å². The zero-order valence-electron chi connectivity index (χ0n) is 10.3. The number of nitrogens with zero attached hydrogens (tertiary/aromatic N) is 5. The number of nitro benzene ring substituents is 1. The van der Waals surface area contributed by atoms with E-state index in [0.29, 0.717) is 11.4 Å². The van der Waals surface area contributed by atoms with Crippen LogP contribution in [0.3, 0.4) is 0 Å². The van der Waals surface area contributed by atoms with E-state index in [-0.39, 0.29) is 16.7 Å². The van der Waals surface area contributed by atoms with E-state index in [9.17, 15) is 10.1 Å². The average molecular weight is 296 g/mol. The Morgan fingerprint density at radius 3 is 2.90 bits per heavy atom. The number of nitro groups is 1. The molecule has 0 aliphatic heterocycles. The zero-order valence-corrected chi connectivity index (χ0v) is 11.1. The summed E-state index contributed by atoms with van der Waals surface area (Å²) in [4.78, 5) is 10.2. The largest absolute Gasteiger partial charge is 0.335 e. The van der Waals surface area contributed by atoms with Crippen LogP contribution in [0.2, 0.25) is 5.02 Å². The highest BCUT2D eigenvalue weighted by Crippen LogP contribution is 2.24. The molecule has 0 atom stereocenters. The fraction of sp³-hybridized carbons (Fsp3) is 0.100. The second kappa shape index (κ2) is 5.53. The fourth-order valence-corrected chi connectivity index (χ4v) is 1.55. The van der Waals surface area contributed by atoms with Gasteiger partial charge < -0.3 is 5.84 Å². The second-order valence-corrected chi connectivity index (χ2v) is 4.19. The molecule has 3 N–H and O–H groups in total. The first-order valence-electron chi connectivity index (χ1n) is 5.39. The van der Waals surface area contributed by atoms with Gasteiger partial charge in [0.25, 0.3) is 11.6 Å². The number of rotatable bonds is 4. The van der Waals surface area contributed by atoms with Crippen LogP contribution in [0.5, 0.6) is 0 Å². The Labute approximate surface area is 118 Å². The van der Waals surface area contributed by atoms with E-state index < -0.39 is 4.92 Å². The van der Waals surface area contributed by atoms with Gasteiger partial charge in [-0.05, 0) is 13.0 Å². The Morgan fingerprint density at radius 2 is 2.30 bits per heavy atom. The summed E-state index contributed by atoms with van der Waals surface area (Å²) in [6.07, 6.45) is 1.38. The number of aromatic nitrogens is 3. The SMILES string of the molecule is Cc1nnc(N/N=C\c2ccc(Cl)c([N+](=O)[O-])c2)n1N. The molecule has 0 spiro atoms. The molecule has 0 bridgehead atoms. The average Bonchev–Trinajstić information content (AvgIpc) is 2.72. The minimum Gasteiger partial charge on any atom is -0.335 e. The first kappa shape index (κ1) is 13.7. The van der Waals surface area contributed by atoms with Crippen molar-refractivity contribution in [3.8, 4) is 0 Å². The lowest BCUT2D eigenvalue weighted by atomic mass is 10.2.